The van der Waals surface area contributed by atoms with Crippen molar-refractivity contribution < 1.29 is 0 Å². The van der Waals surface area contributed by atoms with E-state index in [2.05, 4.69) is 26.3 Å². The highest BCUT2D eigenvalue weighted by Gasteiger charge is 2.14. The highest BCUT2D eigenvalue weighted by molar-refractivity contribution is 6.28. The van der Waals surface area contributed by atoms with Crippen molar-refractivity contribution in [2.45, 2.75) is 20.8 Å². The quantitative estimate of drug-likeness (QED) is 0.850. The third kappa shape index (κ3) is 4.00. The largest absolute Gasteiger partial charge is 0.354 e. The zero-order valence-electron chi connectivity index (χ0n) is 10.8. The van der Waals surface area contributed by atoms with Crippen LogP contribution in [0.1, 0.15) is 20.8 Å². The summed E-state index contributed by atoms with van der Waals surface area (Å²) in [6.07, 6.45) is 0. The predicted octanol–water partition coefficient (Wildman–Crippen LogP) is 1.94. The highest BCUT2D eigenvalue weighted by Crippen LogP contribution is 2.14. The average Bonchev–Trinajstić information content (AvgIpc) is 2.35. The van der Waals surface area contributed by atoms with Gasteiger partial charge in [0, 0.05) is 19.6 Å². The van der Waals surface area contributed by atoms with Gasteiger partial charge in [0.25, 0.3) is 0 Å². The molecule has 1 unspecified atom stereocenters. The Hall–Kier alpha value is -1.61. The molecule has 0 saturated carbocycles. The van der Waals surface area contributed by atoms with E-state index in [-0.39, 0.29) is 11.2 Å². The maximum Gasteiger partial charge on any atom is 0.231 e. The second kappa shape index (κ2) is 6.97. The first-order valence-electron chi connectivity index (χ1n) is 5.90. The van der Waals surface area contributed by atoms with Gasteiger partial charge in [0.1, 0.15) is 0 Å². The maximum absolute atomic E-state index is 8.85. The van der Waals surface area contributed by atoms with Gasteiger partial charge in [-0.1, -0.05) is 0 Å². The van der Waals surface area contributed by atoms with Gasteiger partial charge in [-0.2, -0.15) is 20.2 Å². The van der Waals surface area contributed by atoms with E-state index >= 15 is 0 Å². The summed E-state index contributed by atoms with van der Waals surface area (Å²) in [5.41, 5.74) is 0. The fourth-order valence-corrected chi connectivity index (χ4v) is 1.60. The summed E-state index contributed by atoms with van der Waals surface area (Å²) in [5, 5.41) is 12.0. The standard InChI is InChI=1S/C11H17ClN6/c1-4-14-10-15-9(12)16-11(17-10)18(5-2)7-8(3)6-13/h8H,4-5,7H2,1-3H3,(H,14,15,16,17). The summed E-state index contributed by atoms with van der Waals surface area (Å²) in [5.74, 6) is 0.856. The molecule has 0 aromatic carbocycles. The number of nitrogens with zero attached hydrogens (tertiary/aromatic N) is 5. The van der Waals surface area contributed by atoms with Gasteiger partial charge in [-0.3, -0.25) is 0 Å². The lowest BCUT2D eigenvalue weighted by molar-refractivity contribution is 0.669. The van der Waals surface area contributed by atoms with E-state index in [0.717, 1.165) is 0 Å². The molecule has 0 saturated heterocycles. The SMILES string of the molecule is CCNc1nc(Cl)nc(N(CC)CC(C)C#N)n1. The molecule has 1 aromatic heterocycles. The fraction of sp³-hybridized carbons (Fsp3) is 0.636. The molecule has 18 heavy (non-hydrogen) atoms. The summed E-state index contributed by atoms with van der Waals surface area (Å²) >= 11 is 5.86. The number of aromatic nitrogens is 3. The summed E-state index contributed by atoms with van der Waals surface area (Å²) in [7, 11) is 0. The van der Waals surface area contributed by atoms with Gasteiger partial charge in [0.15, 0.2) is 0 Å². The zero-order valence-corrected chi connectivity index (χ0v) is 11.6. The Morgan fingerprint density at radius 2 is 2.11 bits per heavy atom. The Labute approximate surface area is 112 Å². The van der Waals surface area contributed by atoms with Crippen LogP contribution in [0.2, 0.25) is 5.28 Å². The minimum atomic E-state index is -0.0944. The van der Waals surface area contributed by atoms with E-state index in [1.54, 1.807) is 0 Å². The van der Waals surface area contributed by atoms with Crippen LogP contribution in [0, 0.1) is 17.2 Å². The Bertz CT molecular complexity index is 430. The van der Waals surface area contributed by atoms with Crippen molar-refractivity contribution in [3.8, 4) is 6.07 Å². The minimum absolute atomic E-state index is 0.0944. The van der Waals surface area contributed by atoms with Crippen LogP contribution < -0.4 is 10.2 Å². The average molecular weight is 269 g/mol. The molecule has 1 atom stereocenters. The van der Waals surface area contributed by atoms with Crippen LogP contribution >= 0.6 is 11.6 Å². The smallest absolute Gasteiger partial charge is 0.231 e. The van der Waals surface area contributed by atoms with Gasteiger partial charge < -0.3 is 10.2 Å². The van der Waals surface area contributed by atoms with Gasteiger partial charge in [0.05, 0.1) is 12.0 Å². The molecule has 7 heteroatoms. The van der Waals surface area contributed by atoms with Crippen LogP contribution in [0.3, 0.4) is 0 Å². The van der Waals surface area contributed by atoms with Gasteiger partial charge >= 0.3 is 0 Å². The molecule has 1 heterocycles. The van der Waals surface area contributed by atoms with Crippen molar-refractivity contribution in [2.24, 2.45) is 5.92 Å². The van der Waals surface area contributed by atoms with Crippen molar-refractivity contribution in [1.82, 2.24) is 15.0 Å². The van der Waals surface area contributed by atoms with Crippen molar-refractivity contribution in [3.05, 3.63) is 5.28 Å². The van der Waals surface area contributed by atoms with Gasteiger partial charge in [-0.15, -0.1) is 0 Å². The Kier molecular flexibility index (Phi) is 5.59. The topological polar surface area (TPSA) is 77.7 Å². The number of anilines is 2. The van der Waals surface area contributed by atoms with E-state index < -0.39 is 0 Å². The molecule has 1 N–H and O–H groups in total. The van der Waals surface area contributed by atoms with Crippen LogP contribution in [0.15, 0.2) is 0 Å². The van der Waals surface area contributed by atoms with Crippen LogP contribution in [-0.2, 0) is 0 Å². The molecule has 0 amide bonds. The molecule has 6 nitrogen and oxygen atoms in total. The zero-order chi connectivity index (χ0) is 13.5. The lowest BCUT2D eigenvalue weighted by Gasteiger charge is -2.22. The molecule has 1 rings (SSSR count). The Balaban J connectivity index is 2.94. The normalized spacial score (nSPS) is 11.7. The molecule has 0 aliphatic carbocycles. The maximum atomic E-state index is 8.85. The molecule has 0 bridgehead atoms. The lowest BCUT2D eigenvalue weighted by Crippen LogP contribution is -2.30. The van der Waals surface area contributed by atoms with Crippen molar-refractivity contribution in [3.63, 3.8) is 0 Å². The molecular formula is C11H17ClN6. The molecule has 0 fully saturated rings. The minimum Gasteiger partial charge on any atom is -0.354 e. The van der Waals surface area contributed by atoms with E-state index in [9.17, 15) is 0 Å². The molecular weight excluding hydrogens is 252 g/mol. The fourth-order valence-electron chi connectivity index (χ4n) is 1.44. The molecule has 0 radical (unpaired) electrons. The summed E-state index contributed by atoms with van der Waals surface area (Å²) in [6, 6.07) is 2.19. The monoisotopic (exact) mass is 268 g/mol. The van der Waals surface area contributed by atoms with Crippen LogP contribution in [0.25, 0.3) is 0 Å². The lowest BCUT2D eigenvalue weighted by atomic mass is 10.2. The third-order valence-corrected chi connectivity index (χ3v) is 2.48. The predicted molar refractivity (Wildman–Crippen MR) is 71.7 cm³/mol. The first-order valence-corrected chi connectivity index (χ1v) is 6.28. The second-order valence-corrected chi connectivity index (χ2v) is 4.17. The second-order valence-electron chi connectivity index (χ2n) is 3.83. The number of nitriles is 1. The summed E-state index contributed by atoms with van der Waals surface area (Å²) in [6.45, 7) is 7.77. The molecule has 1 aromatic rings. The number of hydrogen-bond acceptors (Lipinski definition) is 6. The van der Waals surface area contributed by atoms with Crippen LogP contribution in [0.4, 0.5) is 11.9 Å². The van der Waals surface area contributed by atoms with E-state index in [1.165, 1.54) is 0 Å². The van der Waals surface area contributed by atoms with Crippen molar-refractivity contribution >= 4 is 23.5 Å². The molecule has 0 aliphatic rings. The van der Waals surface area contributed by atoms with Crippen LogP contribution in [0.5, 0.6) is 0 Å². The first-order chi connectivity index (χ1) is 8.60. The number of nitrogens with one attached hydrogen (secondary N) is 1. The first kappa shape index (κ1) is 14.5. The van der Waals surface area contributed by atoms with E-state index in [4.69, 9.17) is 16.9 Å². The van der Waals surface area contributed by atoms with E-state index in [0.29, 0.717) is 31.5 Å². The Morgan fingerprint density at radius 3 is 2.67 bits per heavy atom. The van der Waals surface area contributed by atoms with Crippen molar-refractivity contribution in [2.75, 3.05) is 29.9 Å². The molecule has 0 spiro atoms. The van der Waals surface area contributed by atoms with Crippen molar-refractivity contribution in [1.29, 1.82) is 5.26 Å². The molecule has 0 aliphatic heterocycles. The number of halogens is 1. The Morgan fingerprint density at radius 1 is 1.39 bits per heavy atom. The summed E-state index contributed by atoms with van der Waals surface area (Å²) in [4.78, 5) is 14.3. The molecule has 98 valence electrons. The highest BCUT2D eigenvalue weighted by atomic mass is 35.5. The van der Waals surface area contributed by atoms with Crippen LogP contribution in [-0.4, -0.2) is 34.6 Å². The van der Waals surface area contributed by atoms with Gasteiger partial charge in [0.2, 0.25) is 17.2 Å². The number of rotatable bonds is 6. The number of hydrogen-bond donors (Lipinski definition) is 1. The van der Waals surface area contributed by atoms with E-state index in [1.807, 2.05) is 25.7 Å². The van der Waals surface area contributed by atoms with Gasteiger partial charge in [-0.25, -0.2) is 0 Å². The summed E-state index contributed by atoms with van der Waals surface area (Å²) < 4.78 is 0. The third-order valence-electron chi connectivity index (χ3n) is 2.31. The van der Waals surface area contributed by atoms with Gasteiger partial charge in [-0.05, 0) is 32.4 Å².